The molecule has 2 fully saturated rings. The number of ether oxygens (including phenoxy) is 1. The van der Waals surface area contributed by atoms with E-state index in [-0.39, 0.29) is 29.9 Å². The zero-order valence-electron chi connectivity index (χ0n) is 21.5. The van der Waals surface area contributed by atoms with Crippen LogP contribution in [-0.2, 0) is 4.74 Å². The molecule has 192 valence electrons. The van der Waals surface area contributed by atoms with Crippen LogP contribution in [0.2, 0.25) is 0 Å². The summed E-state index contributed by atoms with van der Waals surface area (Å²) in [4.78, 5) is 40.8. The van der Waals surface area contributed by atoms with Crippen molar-refractivity contribution in [3.8, 4) is 0 Å². The van der Waals surface area contributed by atoms with Crippen molar-refractivity contribution in [2.24, 2.45) is 17.8 Å². The fraction of sp³-hybridized carbons (Fsp3) is 0.679. The number of carbonyl (C=O) groups is 3. The maximum absolute atomic E-state index is 12.8. The number of hydrogen-bond donors (Lipinski definition) is 1. The zero-order valence-corrected chi connectivity index (χ0v) is 21.5. The number of nitrogens with zero attached hydrogens (tertiary/aromatic N) is 2. The van der Waals surface area contributed by atoms with Crippen molar-refractivity contribution in [2.75, 3.05) is 6.54 Å². The van der Waals surface area contributed by atoms with Crippen LogP contribution in [0.1, 0.15) is 99.8 Å². The molecule has 0 radical (unpaired) electrons. The standard InChI is InChI=1S/C28H40N2O5/c1-18(2)20(14-15-29-25(31)21-12-8-9-13-22(21)26(29)32)17-24-23(16-19-10-6-5-7-11-19)30(27(33)34)28(3,4)35-24/h8-9,12-13,18-20,23-24H,5-7,10-11,14-17H2,1-4H3,(H,33,34)/t20-,23-,24-/m0/s1. The molecule has 1 saturated heterocycles. The normalized spacial score (nSPS) is 25.4. The van der Waals surface area contributed by atoms with E-state index in [1.54, 1.807) is 24.3 Å². The van der Waals surface area contributed by atoms with Crippen LogP contribution in [0.25, 0.3) is 0 Å². The third kappa shape index (κ3) is 5.25. The predicted octanol–water partition coefficient (Wildman–Crippen LogP) is 5.79. The van der Waals surface area contributed by atoms with Gasteiger partial charge in [-0.25, -0.2) is 4.79 Å². The van der Waals surface area contributed by atoms with E-state index in [4.69, 9.17) is 4.74 Å². The summed E-state index contributed by atoms with van der Waals surface area (Å²) in [5.41, 5.74) is 0.0770. The van der Waals surface area contributed by atoms with Gasteiger partial charge in [-0.1, -0.05) is 58.1 Å². The highest BCUT2D eigenvalue weighted by molar-refractivity contribution is 6.21. The van der Waals surface area contributed by atoms with Gasteiger partial charge in [-0.2, -0.15) is 0 Å². The molecule has 1 aliphatic carbocycles. The van der Waals surface area contributed by atoms with Crippen molar-refractivity contribution in [3.05, 3.63) is 35.4 Å². The molecular weight excluding hydrogens is 444 g/mol. The van der Waals surface area contributed by atoms with Gasteiger partial charge < -0.3 is 9.84 Å². The van der Waals surface area contributed by atoms with E-state index >= 15 is 0 Å². The molecule has 1 saturated carbocycles. The average Bonchev–Trinajstić information content (AvgIpc) is 3.20. The number of fused-ring (bicyclic) bond motifs is 1. The van der Waals surface area contributed by atoms with Crippen LogP contribution in [0.5, 0.6) is 0 Å². The first-order chi connectivity index (χ1) is 16.6. The second kappa shape index (κ2) is 10.3. The van der Waals surface area contributed by atoms with Crippen molar-refractivity contribution in [2.45, 2.75) is 96.9 Å². The number of imide groups is 1. The minimum atomic E-state index is -0.926. The Morgan fingerprint density at radius 3 is 2.23 bits per heavy atom. The molecule has 1 aromatic carbocycles. The quantitative estimate of drug-likeness (QED) is 0.472. The molecule has 2 heterocycles. The Hall–Kier alpha value is -2.41. The summed E-state index contributed by atoms with van der Waals surface area (Å²) in [6, 6.07) is 6.81. The summed E-state index contributed by atoms with van der Waals surface area (Å²) in [7, 11) is 0. The maximum Gasteiger partial charge on any atom is 0.409 e. The molecule has 3 atom stereocenters. The Bertz CT molecular complexity index is 917. The van der Waals surface area contributed by atoms with Gasteiger partial charge in [-0.3, -0.25) is 19.4 Å². The maximum atomic E-state index is 12.8. The highest BCUT2D eigenvalue weighted by atomic mass is 16.6. The number of rotatable bonds is 8. The fourth-order valence-corrected chi connectivity index (χ4v) is 6.43. The van der Waals surface area contributed by atoms with Gasteiger partial charge in [0.2, 0.25) is 0 Å². The van der Waals surface area contributed by atoms with Gasteiger partial charge in [0, 0.05) is 6.54 Å². The molecule has 1 aromatic rings. The van der Waals surface area contributed by atoms with Gasteiger partial charge >= 0.3 is 6.09 Å². The molecule has 3 amide bonds. The number of amides is 3. The van der Waals surface area contributed by atoms with Crippen LogP contribution in [0.15, 0.2) is 24.3 Å². The van der Waals surface area contributed by atoms with Crippen molar-refractivity contribution < 1.29 is 24.2 Å². The number of carboxylic acid groups (broad SMARTS) is 1. The van der Waals surface area contributed by atoms with Gasteiger partial charge in [0.1, 0.15) is 5.72 Å². The first kappa shape index (κ1) is 25.7. The lowest BCUT2D eigenvalue weighted by Crippen LogP contribution is -2.48. The van der Waals surface area contributed by atoms with Crippen LogP contribution in [-0.4, -0.2) is 57.2 Å². The summed E-state index contributed by atoms with van der Waals surface area (Å²) in [5, 5.41) is 10.1. The van der Waals surface area contributed by atoms with Crippen molar-refractivity contribution in [3.63, 3.8) is 0 Å². The van der Waals surface area contributed by atoms with Gasteiger partial charge in [0.05, 0.1) is 23.3 Å². The number of hydrogen-bond acceptors (Lipinski definition) is 4. The molecule has 3 aliphatic rings. The van der Waals surface area contributed by atoms with Gasteiger partial charge in [0.15, 0.2) is 0 Å². The molecule has 0 unspecified atom stereocenters. The molecule has 4 rings (SSSR count). The van der Waals surface area contributed by atoms with Crippen molar-refractivity contribution in [1.82, 2.24) is 9.80 Å². The zero-order chi connectivity index (χ0) is 25.3. The van der Waals surface area contributed by atoms with E-state index in [2.05, 4.69) is 13.8 Å². The van der Waals surface area contributed by atoms with Crippen LogP contribution < -0.4 is 0 Å². The molecule has 7 nitrogen and oxygen atoms in total. The minimum Gasteiger partial charge on any atom is -0.465 e. The van der Waals surface area contributed by atoms with Crippen molar-refractivity contribution in [1.29, 1.82) is 0 Å². The monoisotopic (exact) mass is 484 g/mol. The highest BCUT2D eigenvalue weighted by Gasteiger charge is 2.51. The Kier molecular flexibility index (Phi) is 7.55. The first-order valence-corrected chi connectivity index (χ1v) is 13.3. The molecule has 0 aromatic heterocycles. The molecule has 2 aliphatic heterocycles. The Morgan fingerprint density at radius 2 is 1.69 bits per heavy atom. The number of benzene rings is 1. The molecule has 0 spiro atoms. The van der Waals surface area contributed by atoms with Crippen molar-refractivity contribution >= 4 is 17.9 Å². The summed E-state index contributed by atoms with van der Waals surface area (Å²) in [6.45, 7) is 8.36. The van der Waals surface area contributed by atoms with E-state index < -0.39 is 11.8 Å². The summed E-state index contributed by atoms with van der Waals surface area (Å²) in [6.07, 6.45) is 7.12. The van der Waals surface area contributed by atoms with E-state index in [1.165, 1.54) is 29.1 Å². The molecular formula is C28H40N2O5. The largest absolute Gasteiger partial charge is 0.465 e. The first-order valence-electron chi connectivity index (χ1n) is 13.3. The smallest absolute Gasteiger partial charge is 0.409 e. The topological polar surface area (TPSA) is 87.2 Å². The highest BCUT2D eigenvalue weighted by Crippen LogP contribution is 2.41. The van der Waals surface area contributed by atoms with Gasteiger partial charge in [0.25, 0.3) is 11.8 Å². The lowest BCUT2D eigenvalue weighted by atomic mass is 9.80. The molecule has 35 heavy (non-hydrogen) atoms. The second-order valence-electron chi connectivity index (χ2n) is 11.4. The van der Waals surface area contributed by atoms with Crippen LogP contribution in [0, 0.1) is 17.8 Å². The van der Waals surface area contributed by atoms with E-state index in [1.807, 2.05) is 13.8 Å². The Labute approximate surface area is 208 Å². The number of carbonyl (C=O) groups excluding carboxylic acids is 2. The average molecular weight is 485 g/mol. The Morgan fingerprint density at radius 1 is 1.09 bits per heavy atom. The van der Waals surface area contributed by atoms with E-state index in [0.717, 1.165) is 19.3 Å². The van der Waals surface area contributed by atoms with E-state index in [9.17, 15) is 19.5 Å². The second-order valence-corrected chi connectivity index (χ2v) is 11.4. The lowest BCUT2D eigenvalue weighted by molar-refractivity contribution is -0.0723. The summed E-state index contributed by atoms with van der Waals surface area (Å²) < 4.78 is 6.42. The van der Waals surface area contributed by atoms with Crippen LogP contribution in [0.4, 0.5) is 4.79 Å². The van der Waals surface area contributed by atoms with E-state index in [0.29, 0.717) is 42.3 Å². The van der Waals surface area contributed by atoms with Gasteiger partial charge in [-0.15, -0.1) is 0 Å². The molecule has 1 N–H and O–H groups in total. The molecule has 0 bridgehead atoms. The lowest BCUT2D eigenvalue weighted by Gasteiger charge is -2.34. The SMILES string of the molecule is CC(C)[C@@H](CCN1C(=O)c2ccccc2C1=O)C[C@@H]1OC(C)(C)N(C(=O)O)[C@H]1CC1CCCCC1. The predicted molar refractivity (Wildman–Crippen MR) is 133 cm³/mol. The van der Waals surface area contributed by atoms with Crippen LogP contribution >= 0.6 is 0 Å². The minimum absolute atomic E-state index is 0.175. The third-order valence-corrected chi connectivity index (χ3v) is 8.37. The van der Waals surface area contributed by atoms with Gasteiger partial charge in [-0.05, 0) is 63.0 Å². The summed E-state index contributed by atoms with van der Waals surface area (Å²) in [5.74, 6) is 0.595. The van der Waals surface area contributed by atoms with Crippen LogP contribution in [0.3, 0.4) is 0 Å². The fourth-order valence-electron chi connectivity index (χ4n) is 6.43. The molecule has 7 heteroatoms. The third-order valence-electron chi connectivity index (χ3n) is 8.37. The Balaban J connectivity index is 1.47. The summed E-state index contributed by atoms with van der Waals surface area (Å²) >= 11 is 0.